The highest BCUT2D eigenvalue weighted by molar-refractivity contribution is 6.33. The van der Waals surface area contributed by atoms with Crippen molar-refractivity contribution in [1.29, 1.82) is 0 Å². The van der Waals surface area contributed by atoms with Crippen LogP contribution in [0.25, 0.3) is 0 Å². The Morgan fingerprint density at radius 3 is 2.70 bits per heavy atom. The van der Waals surface area contributed by atoms with Gasteiger partial charge in [0.05, 0.1) is 16.7 Å². The van der Waals surface area contributed by atoms with Gasteiger partial charge in [0.15, 0.2) is 0 Å². The van der Waals surface area contributed by atoms with Crippen LogP contribution in [-0.2, 0) is 9.53 Å². The first-order valence-corrected chi connectivity index (χ1v) is 10.4. The number of ether oxygens (including phenoxy) is 1. The van der Waals surface area contributed by atoms with Crippen molar-refractivity contribution in [2.75, 3.05) is 32.8 Å². The van der Waals surface area contributed by atoms with Crippen LogP contribution >= 0.6 is 11.6 Å². The molecule has 4 rings (SSSR count). The normalized spacial score (nSPS) is 25.2. The van der Waals surface area contributed by atoms with Crippen LogP contribution in [0.2, 0.25) is 5.02 Å². The third-order valence-corrected chi connectivity index (χ3v) is 6.74. The monoisotopic (exact) mass is 390 g/mol. The van der Waals surface area contributed by atoms with Gasteiger partial charge in [0, 0.05) is 39.2 Å². The van der Waals surface area contributed by atoms with Crippen LogP contribution in [-0.4, -0.2) is 60.5 Å². The average Bonchev–Trinajstić information content (AvgIpc) is 3.19. The number of halogens is 1. The lowest BCUT2D eigenvalue weighted by Gasteiger charge is -2.47. The van der Waals surface area contributed by atoms with Gasteiger partial charge in [0.2, 0.25) is 5.91 Å². The zero-order chi connectivity index (χ0) is 18.9. The van der Waals surface area contributed by atoms with Crippen molar-refractivity contribution in [1.82, 2.24) is 9.80 Å². The molecule has 146 valence electrons. The van der Waals surface area contributed by atoms with Crippen LogP contribution in [0.15, 0.2) is 24.3 Å². The Morgan fingerprint density at radius 2 is 2.00 bits per heavy atom. The molecule has 27 heavy (non-hydrogen) atoms. The molecule has 1 spiro atoms. The zero-order valence-electron chi connectivity index (χ0n) is 15.7. The lowest BCUT2D eigenvalue weighted by Crippen LogP contribution is -2.53. The minimum Gasteiger partial charge on any atom is -0.376 e. The van der Waals surface area contributed by atoms with Gasteiger partial charge in [-0.25, -0.2) is 0 Å². The Labute approximate surface area is 165 Å². The molecule has 0 bridgehead atoms. The smallest absolute Gasteiger partial charge is 0.255 e. The first kappa shape index (κ1) is 18.8. The van der Waals surface area contributed by atoms with Gasteiger partial charge in [-0.05, 0) is 49.7 Å². The summed E-state index contributed by atoms with van der Waals surface area (Å²) in [6.07, 6.45) is 5.78. The van der Waals surface area contributed by atoms with Crippen molar-refractivity contribution < 1.29 is 14.3 Å². The quantitative estimate of drug-likeness (QED) is 0.795. The minimum atomic E-state index is 0.0125. The van der Waals surface area contributed by atoms with E-state index in [1.165, 1.54) is 0 Å². The molecule has 6 heteroatoms. The van der Waals surface area contributed by atoms with E-state index in [1.807, 2.05) is 21.9 Å². The molecule has 0 saturated carbocycles. The minimum absolute atomic E-state index is 0.0125. The van der Waals surface area contributed by atoms with Crippen molar-refractivity contribution in [3.63, 3.8) is 0 Å². The van der Waals surface area contributed by atoms with Crippen LogP contribution in [0.3, 0.4) is 0 Å². The Morgan fingerprint density at radius 1 is 1.22 bits per heavy atom. The molecule has 0 N–H and O–H groups in total. The van der Waals surface area contributed by atoms with Crippen LogP contribution in [0.1, 0.15) is 48.9 Å². The van der Waals surface area contributed by atoms with E-state index in [1.54, 1.807) is 12.1 Å². The molecular formula is C21H27ClN2O3. The summed E-state index contributed by atoms with van der Waals surface area (Å²) in [7, 11) is 0. The molecule has 3 saturated heterocycles. The summed E-state index contributed by atoms with van der Waals surface area (Å²) in [6.45, 7) is 3.80. The molecule has 1 unspecified atom stereocenters. The van der Waals surface area contributed by atoms with E-state index in [9.17, 15) is 9.59 Å². The fourth-order valence-corrected chi connectivity index (χ4v) is 4.92. The van der Waals surface area contributed by atoms with Crippen LogP contribution in [0.5, 0.6) is 0 Å². The van der Waals surface area contributed by atoms with Crippen molar-refractivity contribution in [3.8, 4) is 0 Å². The lowest BCUT2D eigenvalue weighted by atomic mass is 9.72. The van der Waals surface area contributed by atoms with E-state index in [-0.39, 0.29) is 23.3 Å². The van der Waals surface area contributed by atoms with E-state index in [4.69, 9.17) is 16.3 Å². The maximum atomic E-state index is 12.8. The van der Waals surface area contributed by atoms with Crippen molar-refractivity contribution in [2.24, 2.45) is 5.41 Å². The number of carbonyl (C=O) groups is 2. The Balaban J connectivity index is 1.38. The second-order valence-electron chi connectivity index (χ2n) is 8.18. The van der Waals surface area contributed by atoms with Gasteiger partial charge in [-0.3, -0.25) is 9.59 Å². The van der Waals surface area contributed by atoms with Crippen molar-refractivity contribution in [3.05, 3.63) is 34.9 Å². The molecule has 1 atom stereocenters. The lowest BCUT2D eigenvalue weighted by molar-refractivity contribution is -0.141. The molecule has 1 aromatic carbocycles. The predicted octanol–water partition coefficient (Wildman–Crippen LogP) is 3.36. The maximum absolute atomic E-state index is 12.8. The molecule has 3 fully saturated rings. The molecule has 3 aliphatic heterocycles. The van der Waals surface area contributed by atoms with Crippen LogP contribution in [0.4, 0.5) is 0 Å². The maximum Gasteiger partial charge on any atom is 0.255 e. The molecule has 0 aliphatic carbocycles. The highest BCUT2D eigenvalue weighted by Gasteiger charge is 2.42. The second-order valence-corrected chi connectivity index (χ2v) is 8.59. The second kappa shape index (κ2) is 7.80. The first-order chi connectivity index (χ1) is 13.1. The number of hydrogen-bond acceptors (Lipinski definition) is 3. The van der Waals surface area contributed by atoms with Gasteiger partial charge in [0.1, 0.15) is 0 Å². The molecule has 3 heterocycles. The summed E-state index contributed by atoms with van der Waals surface area (Å²) in [5, 5.41) is 0.508. The van der Waals surface area contributed by atoms with Gasteiger partial charge >= 0.3 is 0 Å². The summed E-state index contributed by atoms with van der Waals surface area (Å²) in [5.74, 6) is 0.268. The average molecular weight is 391 g/mol. The number of benzene rings is 1. The van der Waals surface area contributed by atoms with Crippen LogP contribution in [0, 0.1) is 5.41 Å². The summed E-state index contributed by atoms with van der Waals surface area (Å²) in [4.78, 5) is 29.1. The third-order valence-electron chi connectivity index (χ3n) is 6.41. The summed E-state index contributed by atoms with van der Waals surface area (Å²) in [5.41, 5.74) is 0.720. The van der Waals surface area contributed by atoms with E-state index in [2.05, 4.69) is 0 Å². The summed E-state index contributed by atoms with van der Waals surface area (Å²) < 4.78 is 5.73. The highest BCUT2D eigenvalue weighted by Crippen LogP contribution is 2.41. The molecule has 0 radical (unpaired) electrons. The van der Waals surface area contributed by atoms with Gasteiger partial charge in [-0.2, -0.15) is 0 Å². The van der Waals surface area contributed by atoms with E-state index in [0.717, 1.165) is 64.9 Å². The van der Waals surface area contributed by atoms with Gasteiger partial charge in [0.25, 0.3) is 5.91 Å². The van der Waals surface area contributed by atoms with Gasteiger partial charge in [-0.1, -0.05) is 23.7 Å². The van der Waals surface area contributed by atoms with Crippen molar-refractivity contribution >= 4 is 23.4 Å². The molecular weight excluding hydrogens is 364 g/mol. The Kier molecular flexibility index (Phi) is 5.42. The zero-order valence-corrected chi connectivity index (χ0v) is 16.4. The van der Waals surface area contributed by atoms with Gasteiger partial charge in [-0.15, -0.1) is 0 Å². The Bertz CT molecular complexity index is 709. The number of hydrogen-bond donors (Lipinski definition) is 0. The molecule has 2 amide bonds. The number of amides is 2. The van der Waals surface area contributed by atoms with Crippen LogP contribution < -0.4 is 0 Å². The van der Waals surface area contributed by atoms with Crippen molar-refractivity contribution in [2.45, 2.75) is 44.6 Å². The van der Waals surface area contributed by atoms with E-state index < -0.39 is 0 Å². The first-order valence-electron chi connectivity index (χ1n) is 10.00. The largest absolute Gasteiger partial charge is 0.376 e. The molecule has 1 aromatic rings. The fourth-order valence-electron chi connectivity index (χ4n) is 4.70. The summed E-state index contributed by atoms with van der Waals surface area (Å²) >= 11 is 6.19. The molecule has 3 aliphatic rings. The highest BCUT2D eigenvalue weighted by atomic mass is 35.5. The standard InChI is InChI=1S/C21H27ClN2O3/c22-18-6-2-1-5-17(18)20(26)23-11-9-21(10-12-23)8-7-19(25)24(15-21)14-16-4-3-13-27-16/h1-2,5-6,16H,3-4,7-15H2. The van der Waals surface area contributed by atoms with E-state index >= 15 is 0 Å². The molecule has 5 nitrogen and oxygen atoms in total. The number of nitrogens with zero attached hydrogens (tertiary/aromatic N) is 2. The SMILES string of the molecule is O=C1CCC2(CCN(C(=O)c3ccccc3Cl)CC2)CN1CC1CCCO1. The molecule has 0 aromatic heterocycles. The topological polar surface area (TPSA) is 49.9 Å². The van der Waals surface area contributed by atoms with Gasteiger partial charge < -0.3 is 14.5 Å². The van der Waals surface area contributed by atoms with E-state index in [0.29, 0.717) is 17.0 Å². The fraction of sp³-hybridized carbons (Fsp3) is 0.619. The summed E-state index contributed by atoms with van der Waals surface area (Å²) in [6, 6.07) is 7.24. The number of piperidine rings is 2. The predicted molar refractivity (Wildman–Crippen MR) is 104 cm³/mol. The Hall–Kier alpha value is -1.59. The third kappa shape index (κ3) is 3.99. The number of carbonyl (C=O) groups excluding carboxylic acids is 2. The number of rotatable bonds is 3. The number of likely N-dealkylation sites (tertiary alicyclic amines) is 2.